The molecule has 0 unspecified atom stereocenters. The van der Waals surface area contributed by atoms with Gasteiger partial charge in [0.05, 0.1) is 11.9 Å². The summed E-state index contributed by atoms with van der Waals surface area (Å²) in [5.41, 5.74) is 12.2. The number of carbonyl (C=O) groups is 1. The van der Waals surface area contributed by atoms with E-state index in [4.69, 9.17) is 10.8 Å². The summed E-state index contributed by atoms with van der Waals surface area (Å²) < 4.78 is 1.82. The van der Waals surface area contributed by atoms with E-state index in [2.05, 4.69) is 29.4 Å². The molecule has 0 atom stereocenters. The van der Waals surface area contributed by atoms with E-state index in [0.717, 1.165) is 32.5 Å². The third kappa shape index (κ3) is 3.14. The largest absolute Gasteiger partial charge is 0.366 e. The first-order valence-electron chi connectivity index (χ1n) is 8.99. The quantitative estimate of drug-likeness (QED) is 0.536. The monoisotopic (exact) mass is 391 g/mol. The van der Waals surface area contributed by atoms with Crippen LogP contribution >= 0.6 is 11.3 Å². The second-order valence-corrected chi connectivity index (χ2v) is 7.78. The van der Waals surface area contributed by atoms with Crippen LogP contribution in [0.4, 0.5) is 5.13 Å². The third-order valence-corrected chi connectivity index (χ3v) is 5.85. The van der Waals surface area contributed by atoms with Gasteiger partial charge in [-0.3, -0.25) is 4.79 Å². The number of nitrogens with one attached hydrogen (secondary N) is 1. The van der Waals surface area contributed by atoms with Crippen molar-refractivity contribution >= 4 is 27.3 Å². The van der Waals surface area contributed by atoms with Crippen LogP contribution in [0.5, 0.6) is 0 Å². The van der Waals surface area contributed by atoms with Crippen molar-refractivity contribution in [1.82, 2.24) is 14.6 Å². The lowest BCUT2D eigenvalue weighted by molar-refractivity contribution is 0.1000. The maximum absolute atomic E-state index is 11.7. The summed E-state index contributed by atoms with van der Waals surface area (Å²) in [5, 5.41) is 8.88. The number of benzene rings is 2. The molecule has 0 aliphatic carbocycles. The zero-order valence-corrected chi connectivity index (χ0v) is 16.8. The van der Waals surface area contributed by atoms with Crippen molar-refractivity contribution in [3.8, 4) is 11.3 Å². The summed E-state index contributed by atoms with van der Waals surface area (Å²) in [7, 11) is 0. The van der Waals surface area contributed by atoms with E-state index in [9.17, 15) is 4.79 Å². The molecular weight excluding hydrogens is 370 g/mol. The van der Waals surface area contributed by atoms with Crippen molar-refractivity contribution in [3.63, 3.8) is 0 Å². The summed E-state index contributed by atoms with van der Waals surface area (Å²) in [6.07, 6.45) is 1.80. The van der Waals surface area contributed by atoms with E-state index < -0.39 is 5.91 Å². The molecule has 6 nitrogen and oxygen atoms in total. The molecule has 2 aromatic carbocycles. The summed E-state index contributed by atoms with van der Waals surface area (Å²) >= 11 is 1.50. The number of amides is 1. The molecule has 28 heavy (non-hydrogen) atoms. The maximum atomic E-state index is 11.7. The zero-order valence-electron chi connectivity index (χ0n) is 16.0. The van der Waals surface area contributed by atoms with Gasteiger partial charge in [0.1, 0.15) is 0 Å². The van der Waals surface area contributed by atoms with E-state index >= 15 is 0 Å². The predicted octanol–water partition coefficient (Wildman–Crippen LogP) is 4.09. The topological polar surface area (TPSA) is 85.3 Å². The van der Waals surface area contributed by atoms with Crippen LogP contribution in [-0.2, 0) is 6.54 Å². The van der Waals surface area contributed by atoms with E-state index in [1.54, 1.807) is 12.3 Å². The molecule has 3 N–H and O–H groups in total. The van der Waals surface area contributed by atoms with Crippen molar-refractivity contribution in [2.75, 3.05) is 5.32 Å². The molecule has 1 amide bonds. The maximum Gasteiger partial charge on any atom is 0.248 e. The molecule has 2 aromatic heterocycles. The second kappa shape index (κ2) is 7.09. The molecular formula is C21H21N5OS. The standard InChI is InChI=1S/C21H21N5OS/c1-12-6-4-5-7-15(12)10-23-20-25-26-17(11-24-21(26)28-20)18-13(2)8-9-16(14(18)3)19(22)27/h4-9,11H,10H2,1-3H3,(H2,22,27)(H,23,25). The lowest BCUT2D eigenvalue weighted by atomic mass is 9.95. The molecule has 2 heterocycles. The smallest absolute Gasteiger partial charge is 0.248 e. The van der Waals surface area contributed by atoms with E-state index in [1.807, 2.05) is 36.6 Å². The average Bonchev–Trinajstić information content (AvgIpc) is 3.22. The number of carbonyl (C=O) groups excluding carboxylic acids is 1. The van der Waals surface area contributed by atoms with Gasteiger partial charge in [-0.2, -0.15) is 0 Å². The normalized spacial score (nSPS) is 11.1. The number of rotatable bonds is 5. The van der Waals surface area contributed by atoms with Crippen LogP contribution in [0.2, 0.25) is 0 Å². The molecule has 0 saturated carbocycles. The average molecular weight is 392 g/mol. The van der Waals surface area contributed by atoms with Crippen molar-refractivity contribution in [2.45, 2.75) is 27.3 Å². The highest BCUT2D eigenvalue weighted by atomic mass is 32.1. The molecule has 0 saturated heterocycles. The number of aromatic nitrogens is 3. The lowest BCUT2D eigenvalue weighted by Crippen LogP contribution is -2.13. The first-order valence-corrected chi connectivity index (χ1v) is 9.80. The number of imidazole rings is 1. The number of aryl methyl sites for hydroxylation is 2. The number of hydrogen-bond acceptors (Lipinski definition) is 5. The Labute approximate surface area is 167 Å². The Morgan fingerprint density at radius 1 is 1.14 bits per heavy atom. The number of fused-ring (bicyclic) bond motifs is 1. The summed E-state index contributed by atoms with van der Waals surface area (Å²) in [5.74, 6) is -0.432. The van der Waals surface area contributed by atoms with Crippen molar-refractivity contribution in [3.05, 3.63) is 70.4 Å². The Morgan fingerprint density at radius 3 is 2.68 bits per heavy atom. The zero-order chi connectivity index (χ0) is 19.8. The van der Waals surface area contributed by atoms with E-state index in [-0.39, 0.29) is 0 Å². The molecule has 4 rings (SSSR count). The van der Waals surface area contributed by atoms with Crippen molar-refractivity contribution in [2.24, 2.45) is 5.73 Å². The Morgan fingerprint density at radius 2 is 1.93 bits per heavy atom. The Balaban J connectivity index is 1.70. The lowest BCUT2D eigenvalue weighted by Gasteiger charge is -2.11. The molecule has 0 bridgehead atoms. The molecule has 0 aliphatic heterocycles. The van der Waals surface area contributed by atoms with E-state index in [1.165, 1.54) is 22.5 Å². The Hall–Kier alpha value is -3.19. The van der Waals surface area contributed by atoms with Crippen LogP contribution in [-0.4, -0.2) is 20.5 Å². The van der Waals surface area contributed by atoms with Crippen LogP contribution in [0, 0.1) is 20.8 Å². The van der Waals surface area contributed by atoms with Crippen LogP contribution in [0.3, 0.4) is 0 Å². The second-order valence-electron chi connectivity index (χ2n) is 6.82. The van der Waals surface area contributed by atoms with Crippen LogP contribution in [0.25, 0.3) is 16.2 Å². The van der Waals surface area contributed by atoms with Gasteiger partial charge in [-0.25, -0.2) is 9.50 Å². The number of anilines is 1. The first-order chi connectivity index (χ1) is 13.5. The molecule has 7 heteroatoms. The van der Waals surface area contributed by atoms with Gasteiger partial charge in [0.25, 0.3) is 0 Å². The SMILES string of the molecule is Cc1ccccc1CNc1nn2c(-c3c(C)ccc(C(N)=O)c3C)cnc2s1. The molecule has 0 spiro atoms. The minimum atomic E-state index is -0.432. The predicted molar refractivity (Wildman–Crippen MR) is 113 cm³/mol. The molecule has 0 aliphatic rings. The molecule has 0 fully saturated rings. The molecule has 0 radical (unpaired) electrons. The minimum Gasteiger partial charge on any atom is -0.366 e. The number of nitrogens with two attached hydrogens (primary N) is 1. The van der Waals surface area contributed by atoms with Gasteiger partial charge in [-0.1, -0.05) is 41.7 Å². The van der Waals surface area contributed by atoms with Crippen LogP contribution < -0.4 is 11.1 Å². The summed E-state index contributed by atoms with van der Waals surface area (Å²) in [6.45, 7) is 6.72. The van der Waals surface area contributed by atoms with Gasteiger partial charge in [0.2, 0.25) is 16.0 Å². The van der Waals surface area contributed by atoms with Crippen LogP contribution in [0.1, 0.15) is 32.6 Å². The highest BCUT2D eigenvalue weighted by Crippen LogP contribution is 2.32. The van der Waals surface area contributed by atoms with Gasteiger partial charge in [0.15, 0.2) is 0 Å². The first kappa shape index (κ1) is 18.2. The summed E-state index contributed by atoms with van der Waals surface area (Å²) in [6, 6.07) is 12.0. The van der Waals surface area contributed by atoms with Gasteiger partial charge in [0, 0.05) is 17.7 Å². The van der Waals surface area contributed by atoms with Gasteiger partial charge in [-0.15, -0.1) is 5.10 Å². The van der Waals surface area contributed by atoms with Gasteiger partial charge >= 0.3 is 0 Å². The highest BCUT2D eigenvalue weighted by molar-refractivity contribution is 7.20. The Bertz CT molecular complexity index is 1190. The highest BCUT2D eigenvalue weighted by Gasteiger charge is 2.18. The number of primary amides is 1. The van der Waals surface area contributed by atoms with E-state index in [0.29, 0.717) is 12.1 Å². The van der Waals surface area contributed by atoms with Gasteiger partial charge < -0.3 is 11.1 Å². The summed E-state index contributed by atoms with van der Waals surface area (Å²) in [4.78, 5) is 17.1. The fraction of sp³-hybridized carbons (Fsp3) is 0.190. The number of nitrogens with zero attached hydrogens (tertiary/aromatic N) is 3. The Kier molecular flexibility index (Phi) is 4.60. The van der Waals surface area contributed by atoms with Crippen molar-refractivity contribution in [1.29, 1.82) is 0 Å². The third-order valence-electron chi connectivity index (χ3n) is 4.97. The fourth-order valence-electron chi connectivity index (χ4n) is 3.42. The fourth-order valence-corrected chi connectivity index (χ4v) is 4.19. The molecule has 4 aromatic rings. The van der Waals surface area contributed by atoms with Gasteiger partial charge in [-0.05, 0) is 49.1 Å². The van der Waals surface area contributed by atoms with Crippen molar-refractivity contribution < 1.29 is 4.79 Å². The van der Waals surface area contributed by atoms with Crippen LogP contribution in [0.15, 0.2) is 42.6 Å². The molecule has 142 valence electrons. The number of hydrogen-bond donors (Lipinski definition) is 2. The minimum absolute atomic E-state index is 0.432.